The maximum atomic E-state index is 14.0. The number of amides is 3. The second-order valence-corrected chi connectivity index (χ2v) is 11.0. The highest BCUT2D eigenvalue weighted by molar-refractivity contribution is 5.99. The van der Waals surface area contributed by atoms with Crippen molar-refractivity contribution >= 4 is 17.7 Å². The highest BCUT2D eigenvalue weighted by Gasteiger charge is 2.29. The van der Waals surface area contributed by atoms with Crippen LogP contribution in [0.15, 0.2) is 42.5 Å². The summed E-state index contributed by atoms with van der Waals surface area (Å²) in [6.07, 6.45) is 2.73. The number of halogens is 2. The van der Waals surface area contributed by atoms with Crippen molar-refractivity contribution in [1.29, 1.82) is 0 Å². The van der Waals surface area contributed by atoms with Gasteiger partial charge >= 0.3 is 0 Å². The van der Waals surface area contributed by atoms with Crippen LogP contribution < -0.4 is 5.32 Å². The van der Waals surface area contributed by atoms with Crippen LogP contribution in [0.5, 0.6) is 0 Å². The maximum Gasteiger partial charge on any atom is 0.253 e. The molecule has 0 bridgehead atoms. The third-order valence-corrected chi connectivity index (χ3v) is 7.40. The van der Waals surface area contributed by atoms with E-state index in [2.05, 4.69) is 5.32 Å². The lowest BCUT2D eigenvalue weighted by atomic mass is 9.90. The Labute approximate surface area is 249 Å². The minimum Gasteiger partial charge on any atom is -0.391 e. The van der Waals surface area contributed by atoms with Gasteiger partial charge in [0.2, 0.25) is 5.91 Å². The van der Waals surface area contributed by atoms with Crippen LogP contribution >= 0.6 is 0 Å². The molecule has 0 saturated carbocycles. The summed E-state index contributed by atoms with van der Waals surface area (Å²) in [6, 6.07) is 8.50. The topological polar surface area (TPSA) is 90.0 Å². The number of unbranched alkanes of at least 4 members (excludes halogenated alkanes) is 1. The first kappa shape index (κ1) is 34.9. The average Bonchev–Trinajstić information content (AvgIpc) is 2.96. The van der Waals surface area contributed by atoms with Gasteiger partial charge in [-0.3, -0.25) is 14.4 Å². The predicted molar refractivity (Wildman–Crippen MR) is 161 cm³/mol. The molecule has 9 heteroatoms. The van der Waals surface area contributed by atoms with Gasteiger partial charge < -0.3 is 20.2 Å². The third kappa shape index (κ3) is 10.5. The standard InChI is InChI=1S/C33H47F2N3O4/c1-6-10-16-37(5)32(41)24(9-4)21-30(39)29(19-23-17-27(34)22-28(35)18-23)36-31(40)25-12-11-13-26(20-25)33(42)38(14-7-2)15-8-3/h11-13,17-18,20,22,24,29-30,39H,6-10,14-16,19,21H2,1-5H3,(H,36,40)/t24-,29?,30+/m1/s1. The minimum absolute atomic E-state index is 0.0582. The van der Waals surface area contributed by atoms with Crippen molar-refractivity contribution in [3.8, 4) is 0 Å². The molecule has 0 saturated heterocycles. The number of hydrogen-bond donors (Lipinski definition) is 2. The van der Waals surface area contributed by atoms with Crippen LogP contribution in [0, 0.1) is 17.6 Å². The minimum atomic E-state index is -1.18. The van der Waals surface area contributed by atoms with Crippen molar-refractivity contribution in [3.63, 3.8) is 0 Å². The normalized spacial score (nSPS) is 13.2. The quantitative estimate of drug-likeness (QED) is 0.252. The number of benzene rings is 2. The van der Waals surface area contributed by atoms with Gasteiger partial charge in [-0.15, -0.1) is 0 Å². The van der Waals surface area contributed by atoms with Gasteiger partial charge in [0, 0.05) is 49.8 Å². The van der Waals surface area contributed by atoms with Crippen LogP contribution in [0.2, 0.25) is 0 Å². The van der Waals surface area contributed by atoms with Gasteiger partial charge in [0.1, 0.15) is 11.6 Å². The molecule has 0 aliphatic carbocycles. The Morgan fingerprint density at radius 2 is 1.50 bits per heavy atom. The Balaban J connectivity index is 2.32. The second kappa shape index (κ2) is 17.6. The number of carbonyl (C=O) groups is 3. The van der Waals surface area contributed by atoms with E-state index in [-0.39, 0.29) is 35.8 Å². The van der Waals surface area contributed by atoms with Crippen molar-refractivity contribution in [2.24, 2.45) is 5.92 Å². The summed E-state index contributed by atoms with van der Waals surface area (Å²) in [6.45, 7) is 9.71. The lowest BCUT2D eigenvalue weighted by molar-refractivity contribution is -0.135. The molecule has 2 aromatic rings. The number of aliphatic hydroxyl groups excluding tert-OH is 1. The number of nitrogens with zero attached hydrogens (tertiary/aromatic N) is 2. The molecule has 2 N–H and O–H groups in total. The van der Waals surface area contributed by atoms with Crippen LogP contribution in [0.25, 0.3) is 0 Å². The Kier molecular flexibility index (Phi) is 14.6. The van der Waals surface area contributed by atoms with E-state index >= 15 is 0 Å². The van der Waals surface area contributed by atoms with Crippen molar-refractivity contribution < 1.29 is 28.3 Å². The molecule has 0 spiro atoms. The fourth-order valence-corrected chi connectivity index (χ4v) is 5.06. The number of nitrogens with one attached hydrogen (secondary N) is 1. The van der Waals surface area contributed by atoms with E-state index in [0.29, 0.717) is 31.6 Å². The Hall–Kier alpha value is -3.33. The van der Waals surface area contributed by atoms with Crippen molar-refractivity contribution in [1.82, 2.24) is 15.1 Å². The molecule has 1 unspecified atom stereocenters. The van der Waals surface area contributed by atoms with E-state index in [0.717, 1.165) is 43.9 Å². The molecule has 0 aliphatic heterocycles. The summed E-state index contributed by atoms with van der Waals surface area (Å²) in [4.78, 5) is 43.0. The molecule has 7 nitrogen and oxygen atoms in total. The van der Waals surface area contributed by atoms with E-state index in [4.69, 9.17) is 0 Å². The van der Waals surface area contributed by atoms with Crippen LogP contribution in [-0.4, -0.2) is 71.5 Å². The third-order valence-electron chi connectivity index (χ3n) is 7.40. The molecule has 3 amide bonds. The van der Waals surface area contributed by atoms with Crippen LogP contribution in [0.3, 0.4) is 0 Å². The van der Waals surface area contributed by atoms with E-state index in [1.165, 1.54) is 6.07 Å². The van der Waals surface area contributed by atoms with Crippen molar-refractivity contribution in [2.45, 2.75) is 84.8 Å². The zero-order chi connectivity index (χ0) is 31.2. The summed E-state index contributed by atoms with van der Waals surface area (Å²) in [5.41, 5.74) is 0.856. The fraction of sp³-hybridized carbons (Fsp3) is 0.545. The zero-order valence-electron chi connectivity index (χ0n) is 25.7. The molecule has 2 aromatic carbocycles. The Morgan fingerprint density at radius 3 is 2.07 bits per heavy atom. The van der Waals surface area contributed by atoms with E-state index in [9.17, 15) is 28.3 Å². The molecular formula is C33H47F2N3O4. The van der Waals surface area contributed by atoms with Crippen molar-refractivity contribution in [2.75, 3.05) is 26.7 Å². The highest BCUT2D eigenvalue weighted by Crippen LogP contribution is 2.20. The van der Waals surface area contributed by atoms with Gasteiger partial charge in [-0.2, -0.15) is 0 Å². The summed E-state index contributed by atoms with van der Waals surface area (Å²) in [7, 11) is 1.73. The zero-order valence-corrected chi connectivity index (χ0v) is 25.7. The van der Waals surface area contributed by atoms with E-state index in [1.807, 2.05) is 27.7 Å². The van der Waals surface area contributed by atoms with Gasteiger partial charge in [0.05, 0.1) is 12.1 Å². The van der Waals surface area contributed by atoms with Crippen LogP contribution in [-0.2, 0) is 11.2 Å². The average molecular weight is 588 g/mol. The molecule has 3 atom stereocenters. The van der Waals surface area contributed by atoms with Crippen LogP contribution in [0.4, 0.5) is 8.78 Å². The molecule has 0 aromatic heterocycles. The molecule has 0 fully saturated rings. The number of carbonyl (C=O) groups excluding carboxylic acids is 3. The highest BCUT2D eigenvalue weighted by atomic mass is 19.1. The maximum absolute atomic E-state index is 14.0. The fourth-order valence-electron chi connectivity index (χ4n) is 5.06. The van der Waals surface area contributed by atoms with Gasteiger partial charge in [0.15, 0.2) is 0 Å². The molecule has 0 aliphatic rings. The SMILES string of the molecule is CCCCN(C)C(=O)[C@H](CC)C[C@H](O)C(Cc1cc(F)cc(F)c1)NC(=O)c1cccc(C(=O)N(CCC)CCC)c1. The summed E-state index contributed by atoms with van der Waals surface area (Å²) in [5, 5.41) is 14.1. The first-order valence-corrected chi connectivity index (χ1v) is 15.1. The number of aliphatic hydroxyl groups is 1. The summed E-state index contributed by atoms with van der Waals surface area (Å²) in [5.74, 6) is -2.83. The predicted octanol–water partition coefficient (Wildman–Crippen LogP) is 5.60. The molecule has 232 valence electrons. The lowest BCUT2D eigenvalue weighted by Crippen LogP contribution is -2.47. The second-order valence-electron chi connectivity index (χ2n) is 11.0. The molecule has 42 heavy (non-hydrogen) atoms. The Morgan fingerprint density at radius 1 is 0.881 bits per heavy atom. The number of hydrogen-bond acceptors (Lipinski definition) is 4. The first-order chi connectivity index (χ1) is 20.0. The van der Waals surface area contributed by atoms with Gasteiger partial charge in [-0.1, -0.05) is 40.2 Å². The molecule has 2 rings (SSSR count). The summed E-state index contributed by atoms with van der Waals surface area (Å²) < 4.78 is 28.0. The van der Waals surface area contributed by atoms with E-state index < -0.39 is 35.6 Å². The monoisotopic (exact) mass is 587 g/mol. The van der Waals surface area contributed by atoms with Gasteiger partial charge in [0.25, 0.3) is 11.8 Å². The molecular weight excluding hydrogens is 540 g/mol. The molecule has 0 heterocycles. The van der Waals surface area contributed by atoms with Gasteiger partial charge in [-0.25, -0.2) is 8.78 Å². The van der Waals surface area contributed by atoms with Crippen molar-refractivity contribution in [3.05, 3.63) is 70.8 Å². The molecule has 0 radical (unpaired) electrons. The lowest BCUT2D eigenvalue weighted by Gasteiger charge is -2.29. The van der Waals surface area contributed by atoms with E-state index in [1.54, 1.807) is 35.0 Å². The first-order valence-electron chi connectivity index (χ1n) is 15.1. The summed E-state index contributed by atoms with van der Waals surface area (Å²) >= 11 is 0. The van der Waals surface area contributed by atoms with Gasteiger partial charge in [-0.05, 0) is 74.4 Å². The largest absolute Gasteiger partial charge is 0.391 e. The smallest absolute Gasteiger partial charge is 0.253 e. The Bertz CT molecular complexity index is 1150. The number of rotatable bonds is 17. The van der Waals surface area contributed by atoms with Crippen LogP contribution in [0.1, 0.15) is 92.5 Å².